The van der Waals surface area contributed by atoms with Gasteiger partial charge in [0.1, 0.15) is 5.76 Å². The van der Waals surface area contributed by atoms with E-state index in [4.69, 9.17) is 27.6 Å². The van der Waals surface area contributed by atoms with Crippen LogP contribution in [0.25, 0.3) is 33.9 Å². The zero-order chi connectivity index (χ0) is 15.1. The minimum atomic E-state index is 0.653. The van der Waals surface area contributed by atoms with Crippen LogP contribution in [0.2, 0.25) is 10.0 Å². The van der Waals surface area contributed by atoms with Crippen molar-refractivity contribution in [2.24, 2.45) is 0 Å². The fraction of sp³-hybridized carbons (Fsp3) is 0. The maximum absolute atomic E-state index is 6.20. The van der Waals surface area contributed by atoms with E-state index >= 15 is 0 Å². The SMILES string of the molecule is Clc1ccc2nc(-c3ccc(-c4ccccc4Cl)o3)[nH]c2c1. The molecule has 0 spiro atoms. The molecular formula is C17H10Cl2N2O. The summed E-state index contributed by atoms with van der Waals surface area (Å²) in [4.78, 5) is 7.72. The number of furan rings is 1. The summed E-state index contributed by atoms with van der Waals surface area (Å²) >= 11 is 12.2. The number of halogens is 2. The standard InChI is InChI=1S/C17H10Cl2N2O/c18-10-5-6-13-14(9-10)21-17(20-13)16-8-7-15(22-16)11-3-1-2-4-12(11)19/h1-9H,(H,20,21). The van der Waals surface area contributed by atoms with Crippen LogP contribution >= 0.6 is 23.2 Å². The molecule has 0 saturated heterocycles. The Bertz CT molecular complexity index is 972. The second kappa shape index (κ2) is 5.20. The Hall–Kier alpha value is -2.23. The van der Waals surface area contributed by atoms with Gasteiger partial charge in [0, 0.05) is 10.6 Å². The minimum Gasteiger partial charge on any atom is -0.453 e. The van der Waals surface area contributed by atoms with Gasteiger partial charge >= 0.3 is 0 Å². The summed E-state index contributed by atoms with van der Waals surface area (Å²) in [6.07, 6.45) is 0. The quantitative estimate of drug-likeness (QED) is 0.505. The number of nitrogens with zero attached hydrogens (tertiary/aromatic N) is 1. The van der Waals surface area contributed by atoms with Crippen LogP contribution in [-0.4, -0.2) is 9.97 Å². The Kier molecular flexibility index (Phi) is 3.17. The lowest BCUT2D eigenvalue weighted by molar-refractivity contribution is 0.593. The fourth-order valence-electron chi connectivity index (χ4n) is 2.37. The molecule has 0 fully saturated rings. The molecule has 0 unspecified atom stereocenters. The number of hydrogen-bond acceptors (Lipinski definition) is 2. The molecular weight excluding hydrogens is 319 g/mol. The lowest BCUT2D eigenvalue weighted by Gasteiger charge is -1.99. The number of fused-ring (bicyclic) bond motifs is 1. The van der Waals surface area contributed by atoms with Crippen molar-refractivity contribution in [1.82, 2.24) is 9.97 Å². The first-order valence-electron chi connectivity index (χ1n) is 6.71. The molecule has 1 N–H and O–H groups in total. The number of nitrogens with one attached hydrogen (secondary N) is 1. The second-order valence-corrected chi connectivity index (χ2v) is 5.73. The molecule has 0 aliphatic heterocycles. The number of hydrogen-bond donors (Lipinski definition) is 1. The Morgan fingerprint density at radius 2 is 1.73 bits per heavy atom. The van der Waals surface area contributed by atoms with E-state index in [1.54, 1.807) is 0 Å². The van der Waals surface area contributed by atoms with Crippen molar-refractivity contribution in [1.29, 1.82) is 0 Å². The summed E-state index contributed by atoms with van der Waals surface area (Å²) < 4.78 is 5.89. The van der Waals surface area contributed by atoms with Gasteiger partial charge in [0.25, 0.3) is 0 Å². The number of aromatic amines is 1. The summed E-state index contributed by atoms with van der Waals surface area (Å²) in [5.41, 5.74) is 2.57. The molecule has 22 heavy (non-hydrogen) atoms. The molecule has 0 aliphatic rings. The summed E-state index contributed by atoms with van der Waals surface area (Å²) in [6.45, 7) is 0. The first kappa shape index (κ1) is 13.4. The van der Waals surface area contributed by atoms with Crippen LogP contribution in [0, 0.1) is 0 Å². The second-order valence-electron chi connectivity index (χ2n) is 4.89. The molecule has 5 heteroatoms. The normalized spacial score (nSPS) is 11.2. The van der Waals surface area contributed by atoms with Gasteiger partial charge in [-0.3, -0.25) is 0 Å². The fourth-order valence-corrected chi connectivity index (χ4v) is 2.77. The molecule has 0 radical (unpaired) electrons. The van der Waals surface area contributed by atoms with E-state index in [-0.39, 0.29) is 0 Å². The van der Waals surface area contributed by atoms with Gasteiger partial charge < -0.3 is 9.40 Å². The number of benzene rings is 2. The number of imidazole rings is 1. The van der Waals surface area contributed by atoms with E-state index in [0.29, 0.717) is 27.4 Å². The molecule has 2 aromatic carbocycles. The van der Waals surface area contributed by atoms with Gasteiger partial charge in [0.15, 0.2) is 11.6 Å². The van der Waals surface area contributed by atoms with Gasteiger partial charge in [-0.1, -0.05) is 35.3 Å². The number of rotatable bonds is 2. The van der Waals surface area contributed by atoms with Gasteiger partial charge in [-0.2, -0.15) is 0 Å². The third-order valence-corrected chi connectivity index (χ3v) is 3.99. The molecule has 2 aromatic heterocycles. The van der Waals surface area contributed by atoms with Crippen molar-refractivity contribution in [3.05, 3.63) is 64.6 Å². The van der Waals surface area contributed by atoms with Gasteiger partial charge in [-0.25, -0.2) is 4.98 Å². The molecule has 0 bridgehead atoms. The average molecular weight is 329 g/mol. The Morgan fingerprint density at radius 1 is 0.909 bits per heavy atom. The van der Waals surface area contributed by atoms with Crippen molar-refractivity contribution < 1.29 is 4.42 Å². The van der Waals surface area contributed by atoms with Crippen molar-refractivity contribution in [3.8, 4) is 22.9 Å². The first-order chi connectivity index (χ1) is 10.7. The van der Waals surface area contributed by atoms with E-state index in [1.807, 2.05) is 54.6 Å². The molecule has 0 aliphatic carbocycles. The predicted molar refractivity (Wildman–Crippen MR) is 89.3 cm³/mol. The maximum Gasteiger partial charge on any atom is 0.174 e. The highest BCUT2D eigenvalue weighted by Gasteiger charge is 2.12. The van der Waals surface area contributed by atoms with Crippen LogP contribution in [0.1, 0.15) is 0 Å². The largest absolute Gasteiger partial charge is 0.453 e. The van der Waals surface area contributed by atoms with Crippen LogP contribution in [-0.2, 0) is 0 Å². The van der Waals surface area contributed by atoms with Crippen LogP contribution in [0.4, 0.5) is 0 Å². The van der Waals surface area contributed by atoms with E-state index in [1.165, 1.54) is 0 Å². The lowest BCUT2D eigenvalue weighted by Crippen LogP contribution is -1.76. The smallest absolute Gasteiger partial charge is 0.174 e. The third kappa shape index (κ3) is 2.28. The van der Waals surface area contributed by atoms with E-state index < -0.39 is 0 Å². The zero-order valence-corrected chi connectivity index (χ0v) is 12.8. The van der Waals surface area contributed by atoms with Gasteiger partial charge in [0.2, 0.25) is 0 Å². The molecule has 4 aromatic rings. The van der Waals surface area contributed by atoms with Crippen LogP contribution in [0.15, 0.2) is 59.0 Å². The third-order valence-electron chi connectivity index (χ3n) is 3.42. The molecule has 0 saturated carbocycles. The van der Waals surface area contributed by atoms with E-state index in [0.717, 1.165) is 16.6 Å². The Labute approximate surface area is 136 Å². The minimum absolute atomic E-state index is 0.653. The summed E-state index contributed by atoms with van der Waals surface area (Å²) in [6, 6.07) is 16.8. The van der Waals surface area contributed by atoms with Crippen LogP contribution in [0.3, 0.4) is 0 Å². The van der Waals surface area contributed by atoms with Crippen LogP contribution in [0.5, 0.6) is 0 Å². The molecule has 2 heterocycles. The number of aromatic nitrogens is 2. The summed E-state index contributed by atoms with van der Waals surface area (Å²) in [7, 11) is 0. The Morgan fingerprint density at radius 3 is 2.59 bits per heavy atom. The van der Waals surface area contributed by atoms with E-state index in [2.05, 4.69) is 9.97 Å². The van der Waals surface area contributed by atoms with Gasteiger partial charge in [-0.05, 0) is 42.5 Å². The lowest BCUT2D eigenvalue weighted by atomic mass is 10.2. The average Bonchev–Trinajstić information content (AvgIpc) is 3.13. The highest BCUT2D eigenvalue weighted by Crippen LogP contribution is 2.32. The van der Waals surface area contributed by atoms with Gasteiger partial charge in [-0.15, -0.1) is 0 Å². The molecule has 108 valence electrons. The van der Waals surface area contributed by atoms with Crippen molar-refractivity contribution in [3.63, 3.8) is 0 Å². The summed E-state index contributed by atoms with van der Waals surface area (Å²) in [5, 5.41) is 1.32. The predicted octanol–water partition coefficient (Wildman–Crippen LogP) is 5.80. The van der Waals surface area contributed by atoms with Crippen molar-refractivity contribution in [2.45, 2.75) is 0 Å². The molecule has 0 amide bonds. The maximum atomic E-state index is 6.20. The highest BCUT2D eigenvalue weighted by atomic mass is 35.5. The molecule has 0 atom stereocenters. The summed E-state index contributed by atoms with van der Waals surface area (Å²) in [5.74, 6) is 2.02. The van der Waals surface area contributed by atoms with Crippen molar-refractivity contribution in [2.75, 3.05) is 0 Å². The van der Waals surface area contributed by atoms with Crippen molar-refractivity contribution >= 4 is 34.2 Å². The Balaban J connectivity index is 1.78. The number of H-pyrrole nitrogens is 1. The van der Waals surface area contributed by atoms with Gasteiger partial charge in [0.05, 0.1) is 16.1 Å². The van der Waals surface area contributed by atoms with E-state index in [9.17, 15) is 0 Å². The zero-order valence-electron chi connectivity index (χ0n) is 11.3. The monoisotopic (exact) mass is 328 g/mol. The first-order valence-corrected chi connectivity index (χ1v) is 7.47. The van der Waals surface area contributed by atoms with Crippen LogP contribution < -0.4 is 0 Å². The topological polar surface area (TPSA) is 41.8 Å². The highest BCUT2D eigenvalue weighted by molar-refractivity contribution is 6.33. The molecule has 4 rings (SSSR count). The molecule has 3 nitrogen and oxygen atoms in total.